The molecule has 0 saturated heterocycles. The van der Waals surface area contributed by atoms with Crippen molar-refractivity contribution in [2.75, 3.05) is 6.61 Å². The molecule has 4 nitrogen and oxygen atoms in total. The van der Waals surface area contributed by atoms with Crippen LogP contribution in [0.3, 0.4) is 0 Å². The van der Waals surface area contributed by atoms with Crippen molar-refractivity contribution in [2.45, 2.75) is 52.7 Å². The first-order chi connectivity index (χ1) is 9.73. The molecule has 1 unspecified atom stereocenters. The van der Waals surface area contributed by atoms with Crippen molar-refractivity contribution in [1.82, 2.24) is 5.32 Å². The van der Waals surface area contributed by atoms with Gasteiger partial charge in [-0.15, -0.1) is 0 Å². The average Bonchev–Trinajstić information content (AvgIpc) is 2.36. The third-order valence-corrected chi connectivity index (χ3v) is 3.10. The van der Waals surface area contributed by atoms with Crippen molar-refractivity contribution in [2.24, 2.45) is 5.92 Å². The van der Waals surface area contributed by atoms with Crippen molar-refractivity contribution >= 4 is 5.91 Å². The van der Waals surface area contributed by atoms with Crippen molar-refractivity contribution in [3.05, 3.63) is 29.8 Å². The summed E-state index contributed by atoms with van der Waals surface area (Å²) in [7, 11) is 0. The summed E-state index contributed by atoms with van der Waals surface area (Å²) in [5.74, 6) is 0.906. The number of aliphatic hydroxyl groups excluding tert-OH is 1. The Morgan fingerprint density at radius 2 is 1.81 bits per heavy atom. The van der Waals surface area contributed by atoms with Crippen molar-refractivity contribution in [3.8, 4) is 5.75 Å². The van der Waals surface area contributed by atoms with E-state index in [4.69, 9.17) is 9.84 Å². The Balaban J connectivity index is 2.70. The Kier molecular flexibility index (Phi) is 6.21. The molecule has 1 rings (SSSR count). The summed E-state index contributed by atoms with van der Waals surface area (Å²) in [4.78, 5) is 12.2. The molecule has 2 N–H and O–H groups in total. The van der Waals surface area contributed by atoms with E-state index in [2.05, 4.69) is 5.32 Å². The van der Waals surface area contributed by atoms with Gasteiger partial charge in [-0.3, -0.25) is 4.79 Å². The quantitative estimate of drug-likeness (QED) is 0.847. The zero-order valence-corrected chi connectivity index (χ0v) is 13.6. The third kappa shape index (κ3) is 6.17. The Hall–Kier alpha value is -1.55. The zero-order valence-electron chi connectivity index (χ0n) is 13.6. The predicted octanol–water partition coefficient (Wildman–Crippen LogP) is 3.00. The molecule has 0 heterocycles. The van der Waals surface area contributed by atoms with Gasteiger partial charge in [-0.1, -0.05) is 13.8 Å². The van der Waals surface area contributed by atoms with E-state index >= 15 is 0 Å². The van der Waals surface area contributed by atoms with Gasteiger partial charge in [0.1, 0.15) is 11.4 Å². The highest BCUT2D eigenvalue weighted by atomic mass is 16.5. The van der Waals surface area contributed by atoms with Gasteiger partial charge in [0.05, 0.1) is 0 Å². The maximum atomic E-state index is 12.2. The van der Waals surface area contributed by atoms with Gasteiger partial charge in [0.2, 0.25) is 0 Å². The van der Waals surface area contributed by atoms with Crippen LogP contribution in [0.25, 0.3) is 0 Å². The molecule has 0 spiro atoms. The van der Waals surface area contributed by atoms with Crippen LogP contribution >= 0.6 is 0 Å². The molecular formula is C17H27NO3. The van der Waals surface area contributed by atoms with E-state index in [1.807, 2.05) is 34.6 Å². The second kappa shape index (κ2) is 7.46. The van der Waals surface area contributed by atoms with Crippen LogP contribution in [0.2, 0.25) is 0 Å². The minimum Gasteiger partial charge on any atom is -0.488 e. The normalized spacial score (nSPS) is 13.1. The van der Waals surface area contributed by atoms with Gasteiger partial charge >= 0.3 is 0 Å². The van der Waals surface area contributed by atoms with Crippen LogP contribution < -0.4 is 10.1 Å². The third-order valence-electron chi connectivity index (χ3n) is 3.10. The smallest absolute Gasteiger partial charge is 0.251 e. The van der Waals surface area contributed by atoms with Gasteiger partial charge < -0.3 is 15.2 Å². The number of benzene rings is 1. The van der Waals surface area contributed by atoms with Crippen LogP contribution in [0, 0.1) is 5.92 Å². The SMILES string of the molecule is CC(C)C(CCO)NC(=O)c1ccc(OC(C)(C)C)cc1. The number of hydrogen-bond donors (Lipinski definition) is 2. The summed E-state index contributed by atoms with van der Waals surface area (Å²) in [6, 6.07) is 7.10. The molecule has 1 amide bonds. The van der Waals surface area contributed by atoms with Crippen LogP contribution in [0.15, 0.2) is 24.3 Å². The Morgan fingerprint density at radius 1 is 1.24 bits per heavy atom. The van der Waals surface area contributed by atoms with Gasteiger partial charge in [0.15, 0.2) is 0 Å². The van der Waals surface area contributed by atoms with Crippen LogP contribution in [-0.4, -0.2) is 29.3 Å². The van der Waals surface area contributed by atoms with E-state index in [0.29, 0.717) is 12.0 Å². The summed E-state index contributed by atoms with van der Waals surface area (Å²) >= 11 is 0. The second-order valence-electron chi connectivity index (χ2n) is 6.58. The first kappa shape index (κ1) is 17.5. The molecule has 0 radical (unpaired) electrons. The van der Waals surface area contributed by atoms with Gasteiger partial charge in [-0.2, -0.15) is 0 Å². The lowest BCUT2D eigenvalue weighted by Gasteiger charge is -2.22. The van der Waals surface area contributed by atoms with E-state index in [9.17, 15) is 4.79 Å². The van der Waals surface area contributed by atoms with Crippen LogP contribution in [0.1, 0.15) is 51.4 Å². The lowest BCUT2D eigenvalue weighted by molar-refractivity contribution is 0.0916. The molecule has 1 atom stereocenters. The van der Waals surface area contributed by atoms with Crippen molar-refractivity contribution in [3.63, 3.8) is 0 Å². The molecule has 0 bridgehead atoms. The van der Waals surface area contributed by atoms with E-state index in [-0.39, 0.29) is 30.1 Å². The van der Waals surface area contributed by atoms with Gasteiger partial charge in [0.25, 0.3) is 5.91 Å². The lowest BCUT2D eigenvalue weighted by atomic mass is 10.0. The van der Waals surface area contributed by atoms with Crippen molar-refractivity contribution in [1.29, 1.82) is 0 Å². The molecule has 4 heteroatoms. The highest BCUT2D eigenvalue weighted by molar-refractivity contribution is 5.94. The number of carbonyl (C=O) groups is 1. The number of nitrogens with one attached hydrogen (secondary N) is 1. The molecule has 0 aliphatic carbocycles. The van der Waals surface area contributed by atoms with E-state index in [1.165, 1.54) is 0 Å². The summed E-state index contributed by atoms with van der Waals surface area (Å²) in [6.07, 6.45) is 0.564. The van der Waals surface area contributed by atoms with Crippen LogP contribution in [0.5, 0.6) is 5.75 Å². The second-order valence-corrected chi connectivity index (χ2v) is 6.58. The highest BCUT2D eigenvalue weighted by Crippen LogP contribution is 2.18. The first-order valence-electron chi connectivity index (χ1n) is 7.43. The topological polar surface area (TPSA) is 58.6 Å². The fourth-order valence-electron chi connectivity index (χ4n) is 1.99. The summed E-state index contributed by atoms with van der Waals surface area (Å²) in [5.41, 5.74) is 0.341. The van der Waals surface area contributed by atoms with Crippen molar-refractivity contribution < 1.29 is 14.6 Å². The fraction of sp³-hybridized carbons (Fsp3) is 0.588. The molecule has 0 saturated carbocycles. The van der Waals surface area contributed by atoms with E-state index in [0.717, 1.165) is 5.75 Å². The number of aliphatic hydroxyl groups is 1. The maximum absolute atomic E-state index is 12.2. The Morgan fingerprint density at radius 3 is 2.24 bits per heavy atom. The number of ether oxygens (including phenoxy) is 1. The standard InChI is InChI=1S/C17H27NO3/c1-12(2)15(10-11-19)18-16(20)13-6-8-14(9-7-13)21-17(3,4)5/h6-9,12,15,19H,10-11H2,1-5H3,(H,18,20). The van der Waals surface area contributed by atoms with E-state index in [1.54, 1.807) is 24.3 Å². The molecule has 0 aliphatic heterocycles. The van der Waals surface area contributed by atoms with Crippen LogP contribution in [0.4, 0.5) is 0 Å². The molecule has 1 aromatic rings. The summed E-state index contributed by atoms with van der Waals surface area (Å²) in [5, 5.41) is 12.0. The molecule has 1 aromatic carbocycles. The lowest BCUT2D eigenvalue weighted by Crippen LogP contribution is -2.39. The average molecular weight is 293 g/mol. The highest BCUT2D eigenvalue weighted by Gasteiger charge is 2.17. The minimum absolute atomic E-state index is 0.0204. The molecule has 21 heavy (non-hydrogen) atoms. The zero-order chi connectivity index (χ0) is 16.0. The summed E-state index contributed by atoms with van der Waals surface area (Å²) < 4.78 is 5.73. The minimum atomic E-state index is -0.256. The maximum Gasteiger partial charge on any atom is 0.251 e. The molecule has 0 aromatic heterocycles. The molecule has 0 aliphatic rings. The Bertz CT molecular complexity index is 446. The van der Waals surface area contributed by atoms with Crippen LogP contribution in [-0.2, 0) is 0 Å². The first-order valence-corrected chi connectivity index (χ1v) is 7.43. The number of hydrogen-bond acceptors (Lipinski definition) is 3. The summed E-state index contributed by atoms with van der Waals surface area (Å²) in [6.45, 7) is 10.1. The molecular weight excluding hydrogens is 266 g/mol. The monoisotopic (exact) mass is 293 g/mol. The molecule has 0 fully saturated rings. The number of amides is 1. The van der Waals surface area contributed by atoms with Gasteiger partial charge in [-0.05, 0) is 57.4 Å². The fourth-order valence-corrected chi connectivity index (χ4v) is 1.99. The van der Waals surface area contributed by atoms with E-state index < -0.39 is 0 Å². The molecule has 118 valence electrons. The largest absolute Gasteiger partial charge is 0.488 e. The van der Waals surface area contributed by atoms with Gasteiger partial charge in [-0.25, -0.2) is 0 Å². The number of carbonyl (C=O) groups excluding carboxylic acids is 1. The number of rotatable bonds is 6. The predicted molar refractivity (Wildman–Crippen MR) is 84.6 cm³/mol. The van der Waals surface area contributed by atoms with Gasteiger partial charge in [0, 0.05) is 18.2 Å². The Labute approximate surface area is 127 Å².